The van der Waals surface area contributed by atoms with E-state index in [4.69, 9.17) is 9.47 Å². The SMILES string of the molecule is COCCCOc1cc(C(=O)N(C[C@@H]2CNC[C@H]2CNC2CC2)C(C)C)ccc1C. The van der Waals surface area contributed by atoms with Crippen LogP contribution in [0.25, 0.3) is 0 Å². The topological polar surface area (TPSA) is 62.8 Å². The highest BCUT2D eigenvalue weighted by atomic mass is 16.5. The molecule has 1 aromatic carbocycles. The Hall–Kier alpha value is -1.63. The van der Waals surface area contributed by atoms with Crippen LogP contribution in [0.2, 0.25) is 0 Å². The molecule has 30 heavy (non-hydrogen) atoms. The van der Waals surface area contributed by atoms with Crippen LogP contribution in [0, 0.1) is 18.8 Å². The van der Waals surface area contributed by atoms with Crippen LogP contribution in [0.15, 0.2) is 18.2 Å². The molecule has 3 rings (SSSR count). The van der Waals surface area contributed by atoms with Gasteiger partial charge in [0.25, 0.3) is 5.91 Å². The fourth-order valence-corrected chi connectivity index (χ4v) is 4.07. The van der Waals surface area contributed by atoms with Crippen LogP contribution >= 0.6 is 0 Å². The van der Waals surface area contributed by atoms with Gasteiger partial charge in [-0.05, 0) is 76.2 Å². The predicted molar refractivity (Wildman–Crippen MR) is 120 cm³/mol. The molecule has 1 heterocycles. The molecule has 0 bridgehead atoms. The molecule has 1 amide bonds. The number of carbonyl (C=O) groups excluding carboxylic acids is 1. The maximum absolute atomic E-state index is 13.4. The lowest BCUT2D eigenvalue weighted by molar-refractivity contribution is 0.0661. The van der Waals surface area contributed by atoms with Crippen molar-refractivity contribution in [3.63, 3.8) is 0 Å². The number of carbonyl (C=O) groups is 1. The van der Waals surface area contributed by atoms with Gasteiger partial charge >= 0.3 is 0 Å². The maximum atomic E-state index is 13.4. The first-order valence-corrected chi connectivity index (χ1v) is 11.5. The number of amides is 1. The number of nitrogens with one attached hydrogen (secondary N) is 2. The van der Waals surface area contributed by atoms with E-state index < -0.39 is 0 Å². The first kappa shape index (κ1) is 23.0. The van der Waals surface area contributed by atoms with Crippen molar-refractivity contribution >= 4 is 5.91 Å². The van der Waals surface area contributed by atoms with E-state index in [0.717, 1.165) is 50.0 Å². The minimum atomic E-state index is 0.0903. The molecule has 0 radical (unpaired) electrons. The second kappa shape index (κ2) is 11.1. The molecule has 1 aromatic rings. The summed E-state index contributed by atoms with van der Waals surface area (Å²) < 4.78 is 11.0. The van der Waals surface area contributed by atoms with Crippen LogP contribution in [-0.2, 0) is 4.74 Å². The monoisotopic (exact) mass is 417 g/mol. The van der Waals surface area contributed by atoms with E-state index in [-0.39, 0.29) is 11.9 Å². The molecule has 2 aliphatic rings. The Labute approximate surface area is 181 Å². The Morgan fingerprint density at radius 3 is 2.70 bits per heavy atom. The number of benzene rings is 1. The van der Waals surface area contributed by atoms with Crippen LogP contribution in [0.5, 0.6) is 5.75 Å². The lowest BCUT2D eigenvalue weighted by Gasteiger charge is -2.32. The second-order valence-corrected chi connectivity index (χ2v) is 9.09. The first-order chi connectivity index (χ1) is 14.5. The molecular formula is C24H39N3O3. The van der Waals surface area contributed by atoms with Crippen LogP contribution in [-0.4, -0.2) is 69.4 Å². The van der Waals surface area contributed by atoms with Gasteiger partial charge in [0.15, 0.2) is 0 Å². The van der Waals surface area contributed by atoms with Gasteiger partial charge < -0.3 is 25.0 Å². The summed E-state index contributed by atoms with van der Waals surface area (Å²) in [5, 5.41) is 7.20. The number of methoxy groups -OCH3 is 1. The van der Waals surface area contributed by atoms with E-state index in [1.807, 2.05) is 30.0 Å². The third-order valence-corrected chi connectivity index (χ3v) is 6.23. The third-order valence-electron chi connectivity index (χ3n) is 6.23. The van der Waals surface area contributed by atoms with Gasteiger partial charge in [-0.25, -0.2) is 0 Å². The fourth-order valence-electron chi connectivity index (χ4n) is 4.07. The zero-order valence-electron chi connectivity index (χ0n) is 19.1. The summed E-state index contributed by atoms with van der Waals surface area (Å²) >= 11 is 0. The zero-order valence-corrected chi connectivity index (χ0v) is 19.1. The Bertz CT molecular complexity index is 690. The molecule has 1 saturated carbocycles. The van der Waals surface area contributed by atoms with Crippen molar-refractivity contribution in [2.45, 2.75) is 52.1 Å². The van der Waals surface area contributed by atoms with Crippen molar-refractivity contribution in [2.75, 3.05) is 46.5 Å². The molecular weight excluding hydrogens is 378 g/mol. The van der Waals surface area contributed by atoms with E-state index >= 15 is 0 Å². The van der Waals surface area contributed by atoms with E-state index in [1.165, 1.54) is 12.8 Å². The van der Waals surface area contributed by atoms with Crippen molar-refractivity contribution in [3.05, 3.63) is 29.3 Å². The minimum absolute atomic E-state index is 0.0903. The van der Waals surface area contributed by atoms with E-state index in [2.05, 4.69) is 24.5 Å². The summed E-state index contributed by atoms with van der Waals surface area (Å²) in [5.41, 5.74) is 1.75. The third kappa shape index (κ3) is 6.43. The highest BCUT2D eigenvalue weighted by Gasteiger charge is 2.32. The number of rotatable bonds is 12. The lowest BCUT2D eigenvalue weighted by atomic mass is 9.94. The Balaban J connectivity index is 1.64. The number of nitrogens with zero attached hydrogens (tertiary/aromatic N) is 1. The predicted octanol–water partition coefficient (Wildman–Crippen LogP) is 2.85. The molecule has 1 aliphatic heterocycles. The first-order valence-electron chi connectivity index (χ1n) is 11.5. The van der Waals surface area contributed by atoms with Crippen molar-refractivity contribution in [3.8, 4) is 5.75 Å². The molecule has 2 fully saturated rings. The molecule has 0 aromatic heterocycles. The average Bonchev–Trinajstić information content (AvgIpc) is 3.46. The van der Waals surface area contributed by atoms with Gasteiger partial charge in [-0.1, -0.05) is 6.07 Å². The fraction of sp³-hybridized carbons (Fsp3) is 0.708. The molecule has 6 nitrogen and oxygen atoms in total. The van der Waals surface area contributed by atoms with Crippen molar-refractivity contribution in [2.24, 2.45) is 11.8 Å². The van der Waals surface area contributed by atoms with E-state index in [1.54, 1.807) is 7.11 Å². The minimum Gasteiger partial charge on any atom is -0.493 e. The molecule has 2 atom stereocenters. The molecule has 1 saturated heterocycles. The summed E-state index contributed by atoms with van der Waals surface area (Å²) in [4.78, 5) is 15.4. The van der Waals surface area contributed by atoms with Gasteiger partial charge in [0.2, 0.25) is 0 Å². The van der Waals surface area contributed by atoms with Gasteiger partial charge in [-0.2, -0.15) is 0 Å². The van der Waals surface area contributed by atoms with E-state index in [0.29, 0.717) is 30.6 Å². The maximum Gasteiger partial charge on any atom is 0.254 e. The highest BCUT2D eigenvalue weighted by molar-refractivity contribution is 5.95. The number of hydrogen-bond donors (Lipinski definition) is 2. The summed E-state index contributed by atoms with van der Waals surface area (Å²) in [6.07, 6.45) is 3.45. The number of ether oxygens (including phenoxy) is 2. The van der Waals surface area contributed by atoms with Gasteiger partial charge in [-0.3, -0.25) is 4.79 Å². The smallest absolute Gasteiger partial charge is 0.254 e. The van der Waals surface area contributed by atoms with Crippen LogP contribution < -0.4 is 15.4 Å². The molecule has 6 heteroatoms. The van der Waals surface area contributed by atoms with Crippen molar-refractivity contribution in [1.82, 2.24) is 15.5 Å². The van der Waals surface area contributed by atoms with Crippen LogP contribution in [0.1, 0.15) is 49.0 Å². The molecule has 2 N–H and O–H groups in total. The van der Waals surface area contributed by atoms with Crippen molar-refractivity contribution < 1.29 is 14.3 Å². The normalized spacial score (nSPS) is 21.2. The van der Waals surface area contributed by atoms with Gasteiger partial charge in [0.05, 0.1) is 6.61 Å². The van der Waals surface area contributed by atoms with Gasteiger partial charge in [-0.15, -0.1) is 0 Å². The molecule has 1 aliphatic carbocycles. The second-order valence-electron chi connectivity index (χ2n) is 9.09. The molecule has 168 valence electrons. The summed E-state index contributed by atoms with van der Waals surface area (Å²) in [6.45, 7) is 11.3. The quantitative estimate of drug-likeness (QED) is 0.512. The summed E-state index contributed by atoms with van der Waals surface area (Å²) in [6, 6.07) is 6.69. The van der Waals surface area contributed by atoms with E-state index in [9.17, 15) is 4.79 Å². The zero-order chi connectivity index (χ0) is 21.5. The Kier molecular flexibility index (Phi) is 8.54. The van der Waals surface area contributed by atoms with Crippen LogP contribution in [0.3, 0.4) is 0 Å². The van der Waals surface area contributed by atoms with Gasteiger partial charge in [0.1, 0.15) is 5.75 Å². The molecule has 0 spiro atoms. The average molecular weight is 418 g/mol. The largest absolute Gasteiger partial charge is 0.493 e. The number of aryl methyl sites for hydroxylation is 1. The summed E-state index contributed by atoms with van der Waals surface area (Å²) in [5.74, 6) is 1.94. The Morgan fingerprint density at radius 2 is 2.00 bits per heavy atom. The Morgan fingerprint density at radius 1 is 1.23 bits per heavy atom. The van der Waals surface area contributed by atoms with Crippen molar-refractivity contribution in [1.29, 1.82) is 0 Å². The lowest BCUT2D eigenvalue weighted by Crippen LogP contribution is -2.43. The highest BCUT2D eigenvalue weighted by Crippen LogP contribution is 2.25. The summed E-state index contributed by atoms with van der Waals surface area (Å²) in [7, 11) is 1.69. The van der Waals surface area contributed by atoms with Crippen LogP contribution in [0.4, 0.5) is 0 Å². The standard InChI is InChI=1S/C24H39N3O3/c1-17(2)27(16-21-14-25-13-20(21)15-26-22-8-9-22)24(28)19-7-6-18(3)23(12-19)30-11-5-10-29-4/h6-7,12,17,20-22,25-26H,5,8-11,13-16H2,1-4H3/t20-,21-/m0/s1. The van der Waals surface area contributed by atoms with Gasteiger partial charge in [0, 0.05) is 50.9 Å². The number of hydrogen-bond acceptors (Lipinski definition) is 5. The molecule has 0 unspecified atom stereocenters.